The molecule has 1 aromatic carbocycles. The molecule has 0 spiro atoms. The fourth-order valence-electron chi connectivity index (χ4n) is 0.812. The van der Waals surface area contributed by atoms with Crippen molar-refractivity contribution < 1.29 is 4.92 Å². The second-order valence-corrected chi connectivity index (χ2v) is 4.21. The first-order valence-electron chi connectivity index (χ1n) is 3.24. The molecule has 0 saturated carbocycles. The Kier molecular flexibility index (Phi) is 3.53. The molecular formula is C7H4BrCl2NO2. The van der Waals surface area contributed by atoms with Crippen LogP contribution in [0.15, 0.2) is 22.7 Å². The summed E-state index contributed by atoms with van der Waals surface area (Å²) >= 11 is 14.4. The van der Waals surface area contributed by atoms with Gasteiger partial charge in [0.1, 0.15) is 4.84 Å². The number of nitro groups is 1. The molecule has 6 heteroatoms. The smallest absolute Gasteiger partial charge is 0.258 e. The molecule has 0 fully saturated rings. The molecule has 0 aliphatic heterocycles. The second-order valence-electron chi connectivity index (χ2n) is 2.26. The standard InChI is InChI=1S/C7H4BrCl2NO2/c8-6-2-1-4(11(12)13)3-5(6)7(9)10/h1-3,7H. The van der Waals surface area contributed by atoms with Gasteiger partial charge in [-0.05, 0) is 6.07 Å². The fraction of sp³-hybridized carbons (Fsp3) is 0.143. The first-order valence-corrected chi connectivity index (χ1v) is 4.91. The second kappa shape index (κ2) is 4.26. The Balaban J connectivity index is 3.19. The highest BCUT2D eigenvalue weighted by molar-refractivity contribution is 9.10. The van der Waals surface area contributed by atoms with Gasteiger partial charge in [0, 0.05) is 22.2 Å². The highest BCUT2D eigenvalue weighted by Gasteiger charge is 2.13. The number of alkyl halides is 2. The summed E-state index contributed by atoms with van der Waals surface area (Å²) in [6, 6.07) is 4.27. The van der Waals surface area contributed by atoms with Gasteiger partial charge in [-0.15, -0.1) is 23.2 Å². The molecule has 0 unspecified atom stereocenters. The fourth-order valence-corrected chi connectivity index (χ4v) is 1.91. The summed E-state index contributed by atoms with van der Waals surface area (Å²) in [4.78, 5) is 9.13. The Morgan fingerprint density at radius 2 is 2.08 bits per heavy atom. The first kappa shape index (κ1) is 10.8. The van der Waals surface area contributed by atoms with E-state index >= 15 is 0 Å². The summed E-state index contributed by atoms with van der Waals surface area (Å²) < 4.78 is 0.660. The van der Waals surface area contributed by atoms with Crippen molar-refractivity contribution >= 4 is 44.8 Å². The van der Waals surface area contributed by atoms with Crippen LogP contribution in [0.2, 0.25) is 0 Å². The number of hydrogen-bond donors (Lipinski definition) is 0. The third-order valence-corrected chi connectivity index (χ3v) is 2.62. The summed E-state index contributed by atoms with van der Waals surface area (Å²) in [5, 5.41) is 10.4. The van der Waals surface area contributed by atoms with Crippen molar-refractivity contribution in [3.63, 3.8) is 0 Å². The molecule has 0 saturated heterocycles. The molecule has 0 aliphatic rings. The molecule has 0 atom stereocenters. The van der Waals surface area contributed by atoms with Crippen molar-refractivity contribution in [2.45, 2.75) is 4.84 Å². The Morgan fingerprint density at radius 3 is 2.54 bits per heavy atom. The average Bonchev–Trinajstić information content (AvgIpc) is 2.04. The summed E-state index contributed by atoms with van der Waals surface area (Å²) in [5.74, 6) is 0. The summed E-state index contributed by atoms with van der Waals surface area (Å²) in [6.07, 6.45) is 0. The van der Waals surface area contributed by atoms with Gasteiger partial charge >= 0.3 is 0 Å². The Morgan fingerprint density at radius 1 is 1.46 bits per heavy atom. The van der Waals surface area contributed by atoms with Crippen LogP contribution in [0.3, 0.4) is 0 Å². The number of nitro benzene ring substituents is 1. The molecule has 0 aromatic heterocycles. The predicted octanol–water partition coefficient (Wildman–Crippen LogP) is 3.83. The summed E-state index contributed by atoms with van der Waals surface area (Å²) in [5.41, 5.74) is 0.474. The van der Waals surface area contributed by atoms with Crippen LogP contribution >= 0.6 is 39.1 Å². The van der Waals surface area contributed by atoms with E-state index in [1.165, 1.54) is 12.1 Å². The van der Waals surface area contributed by atoms with E-state index in [1.54, 1.807) is 6.07 Å². The molecule has 0 N–H and O–H groups in total. The lowest BCUT2D eigenvalue weighted by Crippen LogP contribution is -1.91. The molecule has 70 valence electrons. The molecule has 0 heterocycles. The van der Waals surface area contributed by atoms with E-state index in [0.717, 1.165) is 0 Å². The minimum absolute atomic E-state index is 0.0236. The maximum absolute atomic E-state index is 10.4. The molecule has 1 rings (SSSR count). The number of rotatable bonds is 2. The zero-order valence-electron chi connectivity index (χ0n) is 6.21. The van der Waals surface area contributed by atoms with E-state index in [-0.39, 0.29) is 5.69 Å². The Hall–Kier alpha value is -0.320. The minimum Gasteiger partial charge on any atom is -0.258 e. The van der Waals surface area contributed by atoms with Crippen molar-refractivity contribution in [3.05, 3.63) is 38.3 Å². The van der Waals surface area contributed by atoms with E-state index < -0.39 is 9.76 Å². The Bertz CT molecular complexity index is 343. The molecule has 3 nitrogen and oxygen atoms in total. The van der Waals surface area contributed by atoms with Gasteiger partial charge in [-0.3, -0.25) is 10.1 Å². The van der Waals surface area contributed by atoms with Gasteiger partial charge in [0.25, 0.3) is 5.69 Å². The summed E-state index contributed by atoms with van der Waals surface area (Å²) in [6.45, 7) is 0. The SMILES string of the molecule is O=[N+]([O-])c1ccc(Br)c(C(Cl)Cl)c1. The van der Waals surface area contributed by atoms with Crippen LogP contribution in [-0.4, -0.2) is 4.92 Å². The quantitative estimate of drug-likeness (QED) is 0.470. The normalized spacial score (nSPS) is 10.5. The molecule has 13 heavy (non-hydrogen) atoms. The van der Waals surface area contributed by atoms with Crippen LogP contribution in [0.5, 0.6) is 0 Å². The van der Waals surface area contributed by atoms with E-state index in [9.17, 15) is 10.1 Å². The Labute approximate surface area is 92.9 Å². The van der Waals surface area contributed by atoms with Crippen molar-refractivity contribution in [2.75, 3.05) is 0 Å². The van der Waals surface area contributed by atoms with Gasteiger partial charge in [0.05, 0.1) is 4.92 Å². The maximum Gasteiger partial charge on any atom is 0.269 e. The van der Waals surface area contributed by atoms with E-state index in [2.05, 4.69) is 15.9 Å². The number of benzene rings is 1. The van der Waals surface area contributed by atoms with Crippen LogP contribution in [0.4, 0.5) is 5.69 Å². The van der Waals surface area contributed by atoms with Crippen molar-refractivity contribution in [1.29, 1.82) is 0 Å². The highest BCUT2D eigenvalue weighted by Crippen LogP contribution is 2.33. The van der Waals surface area contributed by atoms with Gasteiger partial charge in [-0.2, -0.15) is 0 Å². The average molecular weight is 285 g/mol. The molecule has 1 aromatic rings. The lowest BCUT2D eigenvalue weighted by atomic mass is 10.2. The van der Waals surface area contributed by atoms with Crippen LogP contribution in [0.1, 0.15) is 10.4 Å². The third-order valence-electron chi connectivity index (χ3n) is 1.43. The predicted molar refractivity (Wildman–Crippen MR) is 55.2 cm³/mol. The van der Waals surface area contributed by atoms with Crippen LogP contribution in [0, 0.1) is 10.1 Å². The molecule has 0 aliphatic carbocycles. The van der Waals surface area contributed by atoms with E-state index in [0.29, 0.717) is 10.0 Å². The number of nitrogens with zero attached hydrogens (tertiary/aromatic N) is 1. The lowest BCUT2D eigenvalue weighted by Gasteiger charge is -2.03. The van der Waals surface area contributed by atoms with Gasteiger partial charge in [-0.1, -0.05) is 15.9 Å². The third kappa shape index (κ3) is 2.56. The lowest BCUT2D eigenvalue weighted by molar-refractivity contribution is -0.384. The van der Waals surface area contributed by atoms with Crippen molar-refractivity contribution in [2.24, 2.45) is 0 Å². The molecular weight excluding hydrogens is 281 g/mol. The van der Waals surface area contributed by atoms with Crippen molar-refractivity contribution in [1.82, 2.24) is 0 Å². The summed E-state index contributed by atoms with van der Waals surface area (Å²) in [7, 11) is 0. The largest absolute Gasteiger partial charge is 0.269 e. The number of hydrogen-bond acceptors (Lipinski definition) is 2. The maximum atomic E-state index is 10.4. The van der Waals surface area contributed by atoms with Gasteiger partial charge in [0.2, 0.25) is 0 Å². The zero-order chi connectivity index (χ0) is 10.0. The first-order chi connectivity index (χ1) is 6.02. The monoisotopic (exact) mass is 283 g/mol. The number of halogens is 3. The molecule has 0 radical (unpaired) electrons. The van der Waals surface area contributed by atoms with Crippen LogP contribution in [-0.2, 0) is 0 Å². The van der Waals surface area contributed by atoms with Crippen molar-refractivity contribution in [3.8, 4) is 0 Å². The molecule has 0 bridgehead atoms. The van der Waals surface area contributed by atoms with Gasteiger partial charge in [0.15, 0.2) is 0 Å². The van der Waals surface area contributed by atoms with Crippen LogP contribution in [0.25, 0.3) is 0 Å². The van der Waals surface area contributed by atoms with Gasteiger partial charge < -0.3 is 0 Å². The zero-order valence-corrected chi connectivity index (χ0v) is 9.30. The van der Waals surface area contributed by atoms with Gasteiger partial charge in [-0.25, -0.2) is 0 Å². The topological polar surface area (TPSA) is 43.1 Å². The van der Waals surface area contributed by atoms with E-state index in [4.69, 9.17) is 23.2 Å². The molecule has 0 amide bonds. The number of non-ortho nitro benzene ring substituents is 1. The van der Waals surface area contributed by atoms with E-state index in [1.807, 2.05) is 0 Å². The highest BCUT2D eigenvalue weighted by atomic mass is 79.9. The van der Waals surface area contributed by atoms with Crippen LogP contribution < -0.4 is 0 Å². The minimum atomic E-state index is -0.769.